The van der Waals surface area contributed by atoms with Gasteiger partial charge in [-0.1, -0.05) is 45.7 Å². The van der Waals surface area contributed by atoms with E-state index >= 15 is 0 Å². The molecule has 4 N–H and O–H groups in total. The molecule has 8 atom stereocenters. The minimum atomic E-state index is -1.41. The number of benzene rings is 1. The smallest absolute Gasteiger partial charge is 0.408 e. The van der Waals surface area contributed by atoms with Gasteiger partial charge in [-0.15, -0.1) is 0 Å². The van der Waals surface area contributed by atoms with Crippen LogP contribution in [0.4, 0.5) is 4.79 Å². The van der Waals surface area contributed by atoms with E-state index in [1.165, 1.54) is 23.1 Å². The van der Waals surface area contributed by atoms with Crippen LogP contribution in [0.3, 0.4) is 0 Å². The number of pyridine rings is 1. The maximum absolute atomic E-state index is 14.7. The molecule has 2 aromatic heterocycles. The standard InChI is InChI=1S/C42H54ClN7O9S/c1-5-25-21-42(25,38(53)54)48-36(51)29-19-27(22-50(29)37(52)35(41(2,3)4)47-40(55)59-26-17-23-16-24(23)18-26)58-31-20-32(60-39-44-8-9-45-39)46-34-28(31)6-7-30(33(34)43)57-15-12-49-10-13-56-14-11-49/h6-9,20,23-27,29,35H,5,10-19,21-22H2,1-4H3,(H,44,45)(H,47,55)(H,48,51)(H,53,54)/t23-,24+,25-,26+,27-,29+,35-,42-/m1/s1. The van der Waals surface area contributed by atoms with Crippen molar-refractivity contribution in [2.45, 2.75) is 106 Å². The molecule has 3 aliphatic carbocycles. The zero-order valence-electron chi connectivity index (χ0n) is 34.4. The fourth-order valence-corrected chi connectivity index (χ4v) is 9.99. The highest BCUT2D eigenvalue weighted by Gasteiger charge is 2.61. The molecule has 0 bridgehead atoms. The van der Waals surface area contributed by atoms with Gasteiger partial charge in [-0.05, 0) is 72.7 Å². The van der Waals surface area contributed by atoms with Crippen molar-refractivity contribution in [3.8, 4) is 11.5 Å². The van der Waals surface area contributed by atoms with Crippen LogP contribution in [0.1, 0.15) is 66.2 Å². The average molecular weight is 868 g/mol. The SMILES string of the molecule is CC[C@@H]1C[C@]1(NC(=O)[C@@H]1C[C@@H](Oc2cc(Sc3ncc[nH]3)nc3c(Cl)c(OCCN4CCOCC4)ccc23)CN1C(=O)[C@@H](NC(=O)O[C@@H]1C[C@@H]2C[C@@H]2C1)C(C)(C)C)C(=O)O. The number of carboxylic acid groups (broad SMARTS) is 1. The van der Waals surface area contributed by atoms with Crippen molar-refractivity contribution in [1.82, 2.24) is 35.4 Å². The largest absolute Gasteiger partial charge is 0.491 e. The van der Waals surface area contributed by atoms with Gasteiger partial charge >= 0.3 is 12.1 Å². The molecule has 8 rings (SSSR count). The second-order valence-electron chi connectivity index (χ2n) is 17.8. The van der Waals surface area contributed by atoms with Crippen LogP contribution in [0.15, 0.2) is 40.8 Å². The summed E-state index contributed by atoms with van der Waals surface area (Å²) in [4.78, 5) is 70.7. The molecule has 0 radical (unpaired) electrons. The summed E-state index contributed by atoms with van der Waals surface area (Å²) >= 11 is 8.30. The quantitative estimate of drug-likeness (QED) is 0.157. The average Bonchev–Trinajstić information content (AvgIpc) is 3.85. The number of H-pyrrole nitrogens is 1. The molecule has 0 spiro atoms. The van der Waals surface area contributed by atoms with Crippen LogP contribution < -0.4 is 20.1 Å². The van der Waals surface area contributed by atoms with Crippen LogP contribution in [-0.4, -0.2) is 130 Å². The first-order valence-electron chi connectivity index (χ1n) is 21.0. The van der Waals surface area contributed by atoms with Crippen molar-refractivity contribution in [3.05, 3.63) is 35.6 Å². The minimum Gasteiger partial charge on any atom is -0.491 e. The van der Waals surface area contributed by atoms with Gasteiger partial charge in [0.05, 0.1) is 25.3 Å². The fourth-order valence-electron chi connectivity index (χ4n) is 8.98. The number of amides is 3. The number of nitrogens with zero attached hydrogens (tertiary/aromatic N) is 4. The van der Waals surface area contributed by atoms with Gasteiger partial charge in [-0.2, -0.15) is 0 Å². The number of halogens is 1. The van der Waals surface area contributed by atoms with E-state index in [9.17, 15) is 24.3 Å². The summed E-state index contributed by atoms with van der Waals surface area (Å²) in [7, 11) is 0. The second kappa shape index (κ2) is 17.2. The van der Waals surface area contributed by atoms with Crippen LogP contribution in [0.5, 0.6) is 11.5 Å². The van der Waals surface area contributed by atoms with Gasteiger partial charge in [0.15, 0.2) is 5.16 Å². The number of ether oxygens (including phenoxy) is 4. The number of hydrogen-bond acceptors (Lipinski definition) is 12. The highest BCUT2D eigenvalue weighted by Crippen LogP contribution is 2.52. The summed E-state index contributed by atoms with van der Waals surface area (Å²) in [6.07, 6.45) is 5.49. The van der Waals surface area contributed by atoms with E-state index in [4.69, 9.17) is 35.5 Å². The topological polar surface area (TPSA) is 198 Å². The molecule has 2 aliphatic heterocycles. The summed E-state index contributed by atoms with van der Waals surface area (Å²) in [6, 6.07) is 3.21. The van der Waals surface area contributed by atoms with Crippen molar-refractivity contribution in [1.29, 1.82) is 0 Å². The van der Waals surface area contributed by atoms with E-state index in [0.717, 1.165) is 25.9 Å². The Morgan fingerprint density at radius 2 is 1.87 bits per heavy atom. The normalized spacial score (nSPS) is 27.9. The molecule has 5 fully saturated rings. The van der Waals surface area contributed by atoms with Gasteiger partial charge in [0, 0.05) is 49.9 Å². The van der Waals surface area contributed by atoms with Gasteiger partial charge in [0.25, 0.3) is 0 Å². The lowest BCUT2D eigenvalue weighted by Crippen LogP contribution is -2.59. The number of imidazole rings is 1. The number of fused-ring (bicyclic) bond motifs is 2. The van der Waals surface area contributed by atoms with Crippen LogP contribution in [-0.2, 0) is 23.9 Å². The number of hydrogen-bond donors (Lipinski definition) is 4. The lowest BCUT2D eigenvalue weighted by molar-refractivity contribution is -0.146. The van der Waals surface area contributed by atoms with Gasteiger partial charge in [0.2, 0.25) is 11.8 Å². The summed E-state index contributed by atoms with van der Waals surface area (Å²) in [5.74, 6) is -0.356. The predicted molar refractivity (Wildman–Crippen MR) is 221 cm³/mol. The van der Waals surface area contributed by atoms with Crippen LogP contribution in [0.2, 0.25) is 5.02 Å². The van der Waals surface area contributed by atoms with Crippen LogP contribution in [0, 0.1) is 23.2 Å². The molecule has 0 unspecified atom stereocenters. The molecule has 3 amide bonds. The Labute approximate surface area is 358 Å². The van der Waals surface area contributed by atoms with Gasteiger partial charge in [0.1, 0.15) is 58.0 Å². The van der Waals surface area contributed by atoms with E-state index in [0.29, 0.717) is 88.6 Å². The number of rotatable bonds is 15. The highest BCUT2D eigenvalue weighted by molar-refractivity contribution is 7.99. The Bertz CT molecular complexity index is 2090. The Kier molecular flexibility index (Phi) is 12.2. The summed E-state index contributed by atoms with van der Waals surface area (Å²) in [5.41, 5.74) is -1.76. The van der Waals surface area contributed by atoms with Crippen molar-refractivity contribution < 1.29 is 43.2 Å². The van der Waals surface area contributed by atoms with Crippen LogP contribution in [0.25, 0.3) is 10.9 Å². The van der Waals surface area contributed by atoms with Crippen molar-refractivity contribution >= 4 is 58.1 Å². The number of aromatic amines is 1. The molecule has 3 aromatic rings. The monoisotopic (exact) mass is 867 g/mol. The zero-order valence-corrected chi connectivity index (χ0v) is 36.0. The van der Waals surface area contributed by atoms with E-state index in [-0.39, 0.29) is 25.0 Å². The summed E-state index contributed by atoms with van der Waals surface area (Å²) in [6.45, 7) is 11.5. The van der Waals surface area contributed by atoms with Crippen molar-refractivity contribution in [2.24, 2.45) is 23.2 Å². The molecule has 2 saturated heterocycles. The fraction of sp³-hybridized carbons (Fsp3) is 0.619. The third kappa shape index (κ3) is 9.14. The maximum atomic E-state index is 14.7. The van der Waals surface area contributed by atoms with E-state index in [1.807, 2.05) is 33.8 Å². The molecule has 5 aliphatic rings. The molecule has 3 saturated carbocycles. The number of aliphatic carboxylic acids is 1. The minimum absolute atomic E-state index is 0.0234. The van der Waals surface area contributed by atoms with E-state index in [2.05, 4.69) is 25.5 Å². The molecule has 16 nitrogen and oxygen atoms in total. The maximum Gasteiger partial charge on any atom is 0.408 e. The number of aromatic nitrogens is 3. The Morgan fingerprint density at radius 3 is 2.53 bits per heavy atom. The molecule has 1 aromatic carbocycles. The van der Waals surface area contributed by atoms with Crippen molar-refractivity contribution in [2.75, 3.05) is 46.0 Å². The summed E-state index contributed by atoms with van der Waals surface area (Å²) < 4.78 is 24.1. The number of alkyl carbamates (subject to hydrolysis) is 1. The molecule has 18 heteroatoms. The van der Waals surface area contributed by atoms with Gasteiger partial charge < -0.3 is 44.6 Å². The van der Waals surface area contributed by atoms with Crippen molar-refractivity contribution in [3.63, 3.8) is 0 Å². The number of morpholine rings is 1. The lowest BCUT2D eigenvalue weighted by atomic mass is 9.85. The number of carbonyl (C=O) groups is 4. The summed E-state index contributed by atoms with van der Waals surface area (Å²) in [5, 5.41) is 17.8. The number of carboxylic acids is 1. The third-order valence-electron chi connectivity index (χ3n) is 12.6. The zero-order chi connectivity index (χ0) is 42.3. The van der Waals surface area contributed by atoms with Crippen LogP contribution >= 0.6 is 23.4 Å². The number of carbonyl (C=O) groups excluding carboxylic acids is 3. The van der Waals surface area contributed by atoms with Gasteiger partial charge in [-0.3, -0.25) is 14.5 Å². The first kappa shape index (κ1) is 42.4. The Morgan fingerprint density at radius 1 is 1.10 bits per heavy atom. The highest BCUT2D eigenvalue weighted by atomic mass is 35.5. The second-order valence-corrected chi connectivity index (χ2v) is 19.2. The lowest BCUT2D eigenvalue weighted by Gasteiger charge is -2.35. The first-order chi connectivity index (χ1) is 28.7. The molecular formula is C42H54ClN7O9S. The molecule has 60 heavy (non-hydrogen) atoms. The number of nitrogens with one attached hydrogen (secondary N) is 3. The predicted octanol–water partition coefficient (Wildman–Crippen LogP) is 5.13. The van der Waals surface area contributed by atoms with E-state index < -0.39 is 53.0 Å². The number of likely N-dealkylation sites (tertiary alicyclic amines) is 1. The third-order valence-corrected chi connectivity index (χ3v) is 13.8. The van der Waals surface area contributed by atoms with E-state index in [1.54, 1.807) is 24.5 Å². The Hall–Kier alpha value is -4.32. The Balaban J connectivity index is 1.06. The molecule has 324 valence electrons. The first-order valence-corrected chi connectivity index (χ1v) is 22.1. The molecule has 4 heterocycles. The molecular weight excluding hydrogens is 814 g/mol. The van der Waals surface area contributed by atoms with Gasteiger partial charge in [-0.25, -0.2) is 19.6 Å².